The molecule has 0 saturated carbocycles. The zero-order valence-electron chi connectivity index (χ0n) is 11.2. The summed E-state index contributed by atoms with van der Waals surface area (Å²) in [4.78, 5) is 16.5. The van der Waals surface area contributed by atoms with Gasteiger partial charge >= 0.3 is 0 Å². The van der Waals surface area contributed by atoms with Crippen LogP contribution in [0.4, 0.5) is 5.69 Å². The second-order valence-corrected chi connectivity index (χ2v) is 5.18. The minimum absolute atomic E-state index is 0.247. The molecule has 0 N–H and O–H groups in total. The quantitative estimate of drug-likeness (QED) is 0.814. The Morgan fingerprint density at radius 3 is 2.74 bits per heavy atom. The molecular formula is C15H20N2O2. The van der Waals surface area contributed by atoms with Crippen LogP contribution in [0.3, 0.4) is 0 Å². The summed E-state index contributed by atoms with van der Waals surface area (Å²) >= 11 is 0. The van der Waals surface area contributed by atoms with Crippen LogP contribution in [0.1, 0.15) is 19.3 Å². The Kier molecular flexibility index (Phi) is 3.58. The molecule has 0 aromatic heterocycles. The van der Waals surface area contributed by atoms with Gasteiger partial charge in [-0.05, 0) is 31.4 Å². The minimum Gasteiger partial charge on any atom is -0.490 e. The summed E-state index contributed by atoms with van der Waals surface area (Å²) in [5.41, 5.74) is 1.04. The van der Waals surface area contributed by atoms with Gasteiger partial charge in [0, 0.05) is 13.1 Å². The maximum Gasteiger partial charge on any atom is 0.242 e. The summed E-state index contributed by atoms with van der Waals surface area (Å²) in [6, 6.07) is 7.95. The van der Waals surface area contributed by atoms with E-state index >= 15 is 0 Å². The second kappa shape index (κ2) is 5.51. The van der Waals surface area contributed by atoms with Crippen molar-refractivity contribution in [2.45, 2.75) is 19.3 Å². The Hall–Kier alpha value is -1.71. The fraction of sp³-hybridized carbons (Fsp3) is 0.533. The van der Waals surface area contributed by atoms with Gasteiger partial charge in [-0.3, -0.25) is 4.79 Å². The third-order valence-electron chi connectivity index (χ3n) is 3.86. The zero-order chi connectivity index (χ0) is 13.1. The largest absolute Gasteiger partial charge is 0.490 e. The number of anilines is 1. The van der Waals surface area contributed by atoms with Crippen LogP contribution in [0.25, 0.3) is 0 Å². The SMILES string of the molecule is O=C(CN1CCOc2ccccc21)N1CCCCC1. The van der Waals surface area contributed by atoms with Gasteiger partial charge in [-0.25, -0.2) is 0 Å². The number of benzene rings is 1. The zero-order valence-corrected chi connectivity index (χ0v) is 11.2. The fourth-order valence-electron chi connectivity index (χ4n) is 2.80. The number of carbonyl (C=O) groups excluding carboxylic acids is 1. The Morgan fingerprint density at radius 1 is 1.11 bits per heavy atom. The van der Waals surface area contributed by atoms with Gasteiger partial charge in [-0.1, -0.05) is 12.1 Å². The summed E-state index contributed by atoms with van der Waals surface area (Å²) < 4.78 is 5.61. The highest BCUT2D eigenvalue weighted by Crippen LogP contribution is 2.30. The van der Waals surface area contributed by atoms with Crippen molar-refractivity contribution >= 4 is 11.6 Å². The number of ether oxygens (including phenoxy) is 1. The molecule has 1 saturated heterocycles. The highest BCUT2D eigenvalue weighted by molar-refractivity contribution is 5.82. The van der Waals surface area contributed by atoms with E-state index in [1.54, 1.807) is 0 Å². The maximum absolute atomic E-state index is 12.3. The number of hydrogen-bond donors (Lipinski definition) is 0. The van der Waals surface area contributed by atoms with Gasteiger partial charge in [-0.2, -0.15) is 0 Å². The molecule has 102 valence electrons. The van der Waals surface area contributed by atoms with Crippen molar-refractivity contribution in [2.24, 2.45) is 0 Å². The molecule has 2 aliphatic rings. The standard InChI is InChI=1S/C15H20N2O2/c18-15(16-8-4-1-5-9-16)12-17-10-11-19-14-7-3-2-6-13(14)17/h2-3,6-7H,1,4-5,8-12H2. The number of carbonyl (C=O) groups is 1. The van der Waals surface area contributed by atoms with Crippen LogP contribution in [0, 0.1) is 0 Å². The van der Waals surface area contributed by atoms with Gasteiger partial charge < -0.3 is 14.5 Å². The van der Waals surface area contributed by atoms with E-state index in [-0.39, 0.29) is 5.91 Å². The van der Waals surface area contributed by atoms with Gasteiger partial charge in [0.1, 0.15) is 12.4 Å². The number of amides is 1. The molecule has 1 aromatic carbocycles. The first-order valence-electron chi connectivity index (χ1n) is 7.09. The van der Waals surface area contributed by atoms with E-state index in [0.717, 1.165) is 43.9 Å². The molecular weight excluding hydrogens is 240 g/mol. The van der Waals surface area contributed by atoms with Crippen LogP contribution in [-0.2, 0) is 4.79 Å². The average molecular weight is 260 g/mol. The molecule has 19 heavy (non-hydrogen) atoms. The Bertz CT molecular complexity index is 455. The van der Waals surface area contributed by atoms with E-state index in [9.17, 15) is 4.79 Å². The number of piperidine rings is 1. The molecule has 1 aromatic rings. The van der Waals surface area contributed by atoms with Gasteiger partial charge in [-0.15, -0.1) is 0 Å². The lowest BCUT2D eigenvalue weighted by atomic mass is 10.1. The number of likely N-dealkylation sites (tertiary alicyclic amines) is 1. The van der Waals surface area contributed by atoms with Crippen molar-refractivity contribution in [3.05, 3.63) is 24.3 Å². The van der Waals surface area contributed by atoms with Crippen LogP contribution in [-0.4, -0.2) is 43.6 Å². The molecule has 2 heterocycles. The van der Waals surface area contributed by atoms with E-state index in [0.29, 0.717) is 13.2 Å². The lowest BCUT2D eigenvalue weighted by Crippen LogP contribution is -2.45. The molecule has 4 nitrogen and oxygen atoms in total. The number of hydrogen-bond acceptors (Lipinski definition) is 3. The van der Waals surface area contributed by atoms with E-state index in [4.69, 9.17) is 4.74 Å². The molecule has 0 spiro atoms. The Morgan fingerprint density at radius 2 is 1.89 bits per heavy atom. The first-order chi connectivity index (χ1) is 9.34. The minimum atomic E-state index is 0.247. The summed E-state index contributed by atoms with van der Waals surface area (Å²) in [7, 11) is 0. The van der Waals surface area contributed by atoms with Crippen molar-refractivity contribution < 1.29 is 9.53 Å². The number of para-hydroxylation sites is 2. The Balaban J connectivity index is 1.68. The van der Waals surface area contributed by atoms with Crippen LogP contribution >= 0.6 is 0 Å². The van der Waals surface area contributed by atoms with Crippen LogP contribution in [0.5, 0.6) is 5.75 Å². The lowest BCUT2D eigenvalue weighted by Gasteiger charge is -2.33. The lowest BCUT2D eigenvalue weighted by molar-refractivity contribution is -0.130. The first-order valence-corrected chi connectivity index (χ1v) is 7.09. The molecule has 0 atom stereocenters. The summed E-state index contributed by atoms with van der Waals surface area (Å²) in [6.07, 6.45) is 3.54. The van der Waals surface area contributed by atoms with E-state index in [2.05, 4.69) is 4.90 Å². The van der Waals surface area contributed by atoms with Gasteiger partial charge in [0.15, 0.2) is 0 Å². The predicted molar refractivity (Wildman–Crippen MR) is 74.6 cm³/mol. The smallest absolute Gasteiger partial charge is 0.242 e. The van der Waals surface area contributed by atoms with E-state index in [1.807, 2.05) is 29.2 Å². The van der Waals surface area contributed by atoms with E-state index in [1.165, 1.54) is 6.42 Å². The molecule has 1 fully saturated rings. The molecule has 0 bridgehead atoms. The Labute approximate surface area is 113 Å². The molecule has 0 radical (unpaired) electrons. The second-order valence-electron chi connectivity index (χ2n) is 5.18. The molecule has 2 aliphatic heterocycles. The van der Waals surface area contributed by atoms with Crippen molar-refractivity contribution in [3.63, 3.8) is 0 Å². The van der Waals surface area contributed by atoms with Crippen molar-refractivity contribution in [3.8, 4) is 5.75 Å². The summed E-state index contributed by atoms with van der Waals surface area (Å²) in [5.74, 6) is 1.14. The van der Waals surface area contributed by atoms with Crippen molar-refractivity contribution in [1.82, 2.24) is 4.90 Å². The number of nitrogens with zero attached hydrogens (tertiary/aromatic N) is 2. The number of fused-ring (bicyclic) bond motifs is 1. The molecule has 4 heteroatoms. The molecule has 0 aliphatic carbocycles. The summed E-state index contributed by atoms with van der Waals surface area (Å²) in [5, 5.41) is 0. The first kappa shape index (κ1) is 12.3. The van der Waals surface area contributed by atoms with Gasteiger partial charge in [0.05, 0.1) is 18.8 Å². The van der Waals surface area contributed by atoms with E-state index < -0.39 is 0 Å². The molecule has 3 rings (SSSR count). The predicted octanol–water partition coefficient (Wildman–Crippen LogP) is 1.90. The van der Waals surface area contributed by atoms with Crippen molar-refractivity contribution in [1.29, 1.82) is 0 Å². The van der Waals surface area contributed by atoms with Crippen LogP contribution < -0.4 is 9.64 Å². The van der Waals surface area contributed by atoms with Gasteiger partial charge in [0.2, 0.25) is 5.91 Å². The maximum atomic E-state index is 12.3. The summed E-state index contributed by atoms with van der Waals surface area (Å²) in [6.45, 7) is 3.76. The third kappa shape index (κ3) is 2.67. The monoisotopic (exact) mass is 260 g/mol. The topological polar surface area (TPSA) is 32.8 Å². The highest BCUT2D eigenvalue weighted by atomic mass is 16.5. The molecule has 0 unspecified atom stereocenters. The normalized spacial score (nSPS) is 18.7. The van der Waals surface area contributed by atoms with Gasteiger partial charge in [0.25, 0.3) is 0 Å². The fourth-order valence-corrected chi connectivity index (χ4v) is 2.80. The van der Waals surface area contributed by atoms with Crippen molar-refractivity contribution in [2.75, 3.05) is 37.7 Å². The van der Waals surface area contributed by atoms with Crippen LogP contribution in [0.2, 0.25) is 0 Å². The average Bonchev–Trinajstić information content (AvgIpc) is 2.48. The molecule has 1 amide bonds. The van der Waals surface area contributed by atoms with Crippen LogP contribution in [0.15, 0.2) is 24.3 Å². The highest BCUT2D eigenvalue weighted by Gasteiger charge is 2.23. The third-order valence-corrected chi connectivity index (χ3v) is 3.86. The number of rotatable bonds is 2.